The van der Waals surface area contributed by atoms with Crippen LogP contribution in [0.25, 0.3) is 11.1 Å². The van der Waals surface area contributed by atoms with Gasteiger partial charge in [0.25, 0.3) is 0 Å². The third-order valence-electron chi connectivity index (χ3n) is 11.3. The van der Waals surface area contributed by atoms with E-state index in [4.69, 9.17) is 23.7 Å². The van der Waals surface area contributed by atoms with Gasteiger partial charge in [-0.2, -0.15) is 8.78 Å². The smallest absolute Gasteiger partial charge is 0.407 e. The van der Waals surface area contributed by atoms with E-state index in [0.29, 0.717) is 41.9 Å². The average Bonchev–Trinajstić information content (AvgIpc) is 3.67. The molecule has 0 saturated heterocycles. The Morgan fingerprint density at radius 2 is 1.14 bits per heavy atom. The zero-order valence-corrected chi connectivity index (χ0v) is 36.2. The molecule has 342 valence electrons. The number of rotatable bonds is 20. The highest BCUT2D eigenvalue weighted by atomic mass is 19.2. The van der Waals surface area contributed by atoms with Crippen molar-refractivity contribution in [2.75, 3.05) is 34.0 Å². The summed E-state index contributed by atoms with van der Waals surface area (Å²) in [4.78, 5) is 38.6. The zero-order valence-electron chi connectivity index (χ0n) is 36.2. The molecule has 66 heavy (non-hydrogen) atoms. The van der Waals surface area contributed by atoms with Gasteiger partial charge in [-0.3, -0.25) is 9.59 Å². The lowest BCUT2D eigenvalue weighted by molar-refractivity contribution is -0.154. The number of halogens is 4. The van der Waals surface area contributed by atoms with Crippen molar-refractivity contribution in [3.05, 3.63) is 185 Å². The molecular weight excluding hydrogens is 859 g/mol. The van der Waals surface area contributed by atoms with Gasteiger partial charge in [0.15, 0.2) is 11.6 Å². The molecule has 0 fully saturated rings. The first-order valence-electron chi connectivity index (χ1n) is 21.3. The summed E-state index contributed by atoms with van der Waals surface area (Å²) in [7, 11) is 3.12. The van der Waals surface area contributed by atoms with Gasteiger partial charge >= 0.3 is 18.0 Å². The molecule has 0 bridgehead atoms. The summed E-state index contributed by atoms with van der Waals surface area (Å²) in [6, 6.07) is 40.3. The number of alkyl carbamates (subject to hydrolysis) is 1. The fourth-order valence-corrected chi connectivity index (χ4v) is 8.06. The zero-order chi connectivity index (χ0) is 46.6. The van der Waals surface area contributed by atoms with Crippen molar-refractivity contribution in [1.82, 2.24) is 5.32 Å². The minimum absolute atomic E-state index is 0.0191. The number of amides is 1. The molecule has 1 aliphatic rings. The lowest BCUT2D eigenvalue weighted by atomic mass is 9.79. The highest BCUT2D eigenvalue weighted by Gasteiger charge is 2.40. The van der Waals surface area contributed by atoms with E-state index in [1.165, 1.54) is 0 Å². The van der Waals surface area contributed by atoms with Crippen molar-refractivity contribution in [2.24, 2.45) is 0 Å². The summed E-state index contributed by atoms with van der Waals surface area (Å²) in [5.74, 6) is -9.95. The van der Waals surface area contributed by atoms with Crippen LogP contribution in [-0.4, -0.2) is 58.1 Å². The third kappa shape index (κ3) is 10.7. The molecule has 0 heterocycles. The Balaban J connectivity index is 1.06. The van der Waals surface area contributed by atoms with Gasteiger partial charge in [0.1, 0.15) is 30.3 Å². The van der Waals surface area contributed by atoms with Gasteiger partial charge in [0.05, 0.1) is 33.2 Å². The fraction of sp³-hybridized carbons (Fsp3) is 0.250. The number of benzene rings is 6. The van der Waals surface area contributed by atoms with Crippen molar-refractivity contribution in [3.8, 4) is 28.4 Å². The second-order valence-corrected chi connectivity index (χ2v) is 15.4. The lowest BCUT2D eigenvalue weighted by Gasteiger charge is -2.39. The first kappa shape index (κ1) is 46.8. The van der Waals surface area contributed by atoms with Crippen LogP contribution in [0.5, 0.6) is 17.2 Å². The minimum atomic E-state index is -1.89. The van der Waals surface area contributed by atoms with E-state index >= 15 is 0 Å². The number of unbranched alkanes of at least 4 members (excludes halogenated alkanes) is 1. The minimum Gasteiger partial charge on any atom is -0.497 e. The number of methoxy groups -OCH3 is 2. The van der Waals surface area contributed by atoms with Crippen molar-refractivity contribution < 1.29 is 60.4 Å². The topological polar surface area (TPSA) is 119 Å². The number of hydrogen-bond acceptors (Lipinski definition) is 9. The maximum atomic E-state index is 14.2. The molecule has 0 unspecified atom stereocenters. The van der Waals surface area contributed by atoms with E-state index in [-0.39, 0.29) is 31.7 Å². The first-order valence-corrected chi connectivity index (χ1v) is 21.3. The fourth-order valence-electron chi connectivity index (χ4n) is 8.06. The number of carbonyl (C=O) groups is 3. The maximum Gasteiger partial charge on any atom is 0.407 e. The molecule has 0 aromatic heterocycles. The Morgan fingerprint density at radius 3 is 1.70 bits per heavy atom. The molecule has 14 heteroatoms. The highest BCUT2D eigenvalue weighted by Crippen LogP contribution is 2.45. The van der Waals surface area contributed by atoms with Crippen LogP contribution in [0.1, 0.15) is 65.8 Å². The van der Waals surface area contributed by atoms with Crippen LogP contribution in [-0.2, 0) is 29.4 Å². The van der Waals surface area contributed by atoms with Crippen molar-refractivity contribution in [1.29, 1.82) is 0 Å². The average molecular weight is 906 g/mol. The molecule has 0 radical (unpaired) electrons. The standard InChI is InChI=1S/C52H47F4NO9/c1-61-36-23-19-34(20-24-36)52(33-12-4-3-5-13-33,35-21-25-37(62-2)26-22-35)66-38(31-63-46(58)27-28-47(59)65-50-48(55)44(53)30-45(54)49(50)56)14-10-11-29-57-51(60)64-32-43-41-17-8-6-15-39(41)40-16-7-9-18-42(40)43/h3-9,12-13,15-26,30,38,43H,10-11,14,27-29,31-32H2,1-2H3,(H,57,60)/t38-/m1/s1. The normalized spacial score (nSPS) is 12.4. The monoisotopic (exact) mass is 905 g/mol. The van der Waals surface area contributed by atoms with Crippen LogP contribution < -0.4 is 19.5 Å². The Kier molecular flexibility index (Phi) is 15.4. The summed E-state index contributed by atoms with van der Waals surface area (Å²) in [6.45, 7) is 0.115. The Labute approximate surface area is 379 Å². The van der Waals surface area contributed by atoms with Gasteiger partial charge in [-0.05, 0) is 82.5 Å². The molecule has 1 N–H and O–H groups in total. The van der Waals surface area contributed by atoms with E-state index in [1.54, 1.807) is 38.5 Å². The van der Waals surface area contributed by atoms with E-state index in [1.807, 2.05) is 91.0 Å². The summed E-state index contributed by atoms with van der Waals surface area (Å²) in [5.41, 5.74) is 5.29. The van der Waals surface area contributed by atoms with Gasteiger partial charge < -0.3 is 33.7 Å². The summed E-state index contributed by atoms with van der Waals surface area (Å²) >= 11 is 0. The van der Waals surface area contributed by atoms with Crippen LogP contribution in [0.15, 0.2) is 133 Å². The molecule has 10 nitrogen and oxygen atoms in total. The summed E-state index contributed by atoms with van der Waals surface area (Å²) in [6.07, 6.45) is -1.43. The van der Waals surface area contributed by atoms with Gasteiger partial charge in [0, 0.05) is 18.5 Å². The van der Waals surface area contributed by atoms with Gasteiger partial charge in [-0.25, -0.2) is 13.6 Å². The predicted molar refractivity (Wildman–Crippen MR) is 236 cm³/mol. The number of ether oxygens (including phenoxy) is 6. The largest absolute Gasteiger partial charge is 0.497 e. The summed E-state index contributed by atoms with van der Waals surface area (Å²) in [5, 5.41) is 2.84. The first-order chi connectivity index (χ1) is 32.0. The maximum absolute atomic E-state index is 14.2. The molecule has 0 saturated carbocycles. The number of hydrogen-bond donors (Lipinski definition) is 1. The van der Waals surface area contributed by atoms with Crippen LogP contribution in [0.4, 0.5) is 22.4 Å². The second kappa shape index (κ2) is 21.7. The lowest BCUT2D eigenvalue weighted by Crippen LogP contribution is -2.39. The number of esters is 2. The highest BCUT2D eigenvalue weighted by molar-refractivity contribution is 5.80. The third-order valence-corrected chi connectivity index (χ3v) is 11.3. The number of carbonyl (C=O) groups excluding carboxylic acids is 3. The molecule has 1 atom stereocenters. The molecule has 1 amide bonds. The van der Waals surface area contributed by atoms with Gasteiger partial charge in [0.2, 0.25) is 17.4 Å². The van der Waals surface area contributed by atoms with Gasteiger partial charge in [-0.1, -0.05) is 103 Å². The molecule has 6 aromatic carbocycles. The Bertz CT molecular complexity index is 2510. The van der Waals surface area contributed by atoms with Crippen molar-refractivity contribution in [2.45, 2.75) is 49.7 Å². The van der Waals surface area contributed by atoms with Crippen LogP contribution in [0.3, 0.4) is 0 Å². The van der Waals surface area contributed by atoms with Crippen molar-refractivity contribution >= 4 is 18.0 Å². The molecular formula is C52H47F4NO9. The number of fused-ring (bicyclic) bond motifs is 3. The van der Waals surface area contributed by atoms with E-state index < -0.39 is 71.6 Å². The quantitative estimate of drug-likeness (QED) is 0.0199. The SMILES string of the molecule is COc1ccc(C(O[C@H](CCCCNC(=O)OCC2c3ccccc3-c3ccccc32)COC(=O)CCC(=O)Oc2c(F)c(F)cc(F)c2F)(c2ccccc2)c2ccc(OC)cc2)cc1. The van der Waals surface area contributed by atoms with E-state index in [2.05, 4.69) is 22.2 Å². The molecule has 1 aliphatic carbocycles. The second-order valence-electron chi connectivity index (χ2n) is 15.4. The van der Waals surface area contributed by atoms with Crippen molar-refractivity contribution in [3.63, 3.8) is 0 Å². The van der Waals surface area contributed by atoms with Crippen LogP contribution in [0, 0.1) is 23.3 Å². The molecule has 7 rings (SSSR count). The predicted octanol–water partition coefficient (Wildman–Crippen LogP) is 10.6. The van der Waals surface area contributed by atoms with E-state index in [0.717, 1.165) is 27.8 Å². The van der Waals surface area contributed by atoms with Crippen LogP contribution >= 0.6 is 0 Å². The molecule has 0 spiro atoms. The van der Waals surface area contributed by atoms with Gasteiger partial charge in [-0.15, -0.1) is 0 Å². The molecule has 0 aliphatic heterocycles. The Morgan fingerprint density at radius 1 is 0.621 bits per heavy atom. The molecule has 6 aromatic rings. The Hall–Kier alpha value is -7.19. The van der Waals surface area contributed by atoms with E-state index in [9.17, 15) is 31.9 Å². The summed E-state index contributed by atoms with van der Waals surface area (Å²) < 4.78 is 89.8. The number of nitrogens with one attached hydrogen (secondary N) is 1. The van der Waals surface area contributed by atoms with Crippen LogP contribution in [0.2, 0.25) is 0 Å².